The molecule has 0 atom stereocenters. The molecule has 4 aromatic rings. The summed E-state index contributed by atoms with van der Waals surface area (Å²) in [6.07, 6.45) is 0. The van der Waals surface area contributed by atoms with E-state index in [1.807, 2.05) is 30.3 Å². The standard InChI is InChI=1S/C19H11NO/c1-3-10-16-12(6-1)14-8-5-9-15-13-7-2-4-11-17(13)21-19(20-16)18(14)15/h1-11H. The van der Waals surface area contributed by atoms with E-state index in [-0.39, 0.29) is 0 Å². The van der Waals surface area contributed by atoms with Crippen molar-refractivity contribution in [2.75, 3.05) is 0 Å². The summed E-state index contributed by atoms with van der Waals surface area (Å²) in [4.78, 5) is 4.71. The van der Waals surface area contributed by atoms with Gasteiger partial charge in [-0.3, -0.25) is 0 Å². The fourth-order valence-electron chi connectivity index (χ4n) is 3.15. The molecular formula is C19H11NO. The normalized spacial score (nSPS) is 12.2. The van der Waals surface area contributed by atoms with Gasteiger partial charge in [-0.15, -0.1) is 0 Å². The Kier molecular flexibility index (Phi) is 1.98. The fraction of sp³-hybridized carbons (Fsp3) is 0. The first-order valence-corrected chi connectivity index (χ1v) is 7.00. The molecule has 1 aliphatic heterocycles. The Labute approximate surface area is 121 Å². The highest BCUT2D eigenvalue weighted by atomic mass is 16.5. The predicted octanol–water partition coefficient (Wildman–Crippen LogP) is 5.16. The minimum absolute atomic E-state index is 0.706. The van der Waals surface area contributed by atoms with Crippen LogP contribution in [-0.2, 0) is 0 Å². The van der Waals surface area contributed by atoms with Crippen LogP contribution >= 0.6 is 0 Å². The lowest BCUT2D eigenvalue weighted by Crippen LogP contribution is -1.99. The smallest absolute Gasteiger partial charge is 0.228 e. The van der Waals surface area contributed by atoms with Crippen LogP contribution in [0.5, 0.6) is 11.6 Å². The highest BCUT2D eigenvalue weighted by molar-refractivity contribution is 6.14. The van der Waals surface area contributed by atoms with Crippen LogP contribution in [0.1, 0.15) is 0 Å². The second kappa shape index (κ2) is 3.83. The van der Waals surface area contributed by atoms with Gasteiger partial charge in [-0.1, -0.05) is 54.6 Å². The van der Waals surface area contributed by atoms with E-state index in [9.17, 15) is 0 Å². The summed E-state index contributed by atoms with van der Waals surface area (Å²) in [5, 5.41) is 3.47. The van der Waals surface area contributed by atoms with Gasteiger partial charge in [-0.05, 0) is 23.1 Å². The molecule has 0 saturated carbocycles. The topological polar surface area (TPSA) is 22.1 Å². The zero-order valence-corrected chi connectivity index (χ0v) is 11.2. The Morgan fingerprint density at radius 2 is 1.43 bits per heavy atom. The van der Waals surface area contributed by atoms with Gasteiger partial charge >= 0.3 is 0 Å². The summed E-state index contributed by atoms with van der Waals surface area (Å²) in [6.45, 7) is 0. The number of ether oxygens (including phenoxy) is 1. The predicted molar refractivity (Wildman–Crippen MR) is 84.8 cm³/mol. The van der Waals surface area contributed by atoms with Crippen molar-refractivity contribution in [2.24, 2.45) is 0 Å². The van der Waals surface area contributed by atoms with Crippen molar-refractivity contribution in [3.8, 4) is 22.8 Å². The van der Waals surface area contributed by atoms with Crippen LogP contribution in [-0.4, -0.2) is 4.98 Å². The molecule has 0 amide bonds. The van der Waals surface area contributed by atoms with Crippen LogP contribution in [0.3, 0.4) is 0 Å². The number of pyridine rings is 1. The zero-order valence-electron chi connectivity index (χ0n) is 11.2. The van der Waals surface area contributed by atoms with Gasteiger partial charge in [0.15, 0.2) is 0 Å². The lowest BCUT2D eigenvalue weighted by atomic mass is 9.95. The molecule has 5 rings (SSSR count). The van der Waals surface area contributed by atoms with Crippen LogP contribution in [0.25, 0.3) is 32.8 Å². The summed E-state index contributed by atoms with van der Waals surface area (Å²) < 4.78 is 6.05. The maximum absolute atomic E-state index is 6.05. The summed E-state index contributed by atoms with van der Waals surface area (Å²) in [7, 11) is 0. The van der Waals surface area contributed by atoms with E-state index in [0.717, 1.165) is 22.2 Å². The summed E-state index contributed by atoms with van der Waals surface area (Å²) in [5.74, 6) is 1.58. The second-order valence-corrected chi connectivity index (χ2v) is 5.26. The van der Waals surface area contributed by atoms with Crippen molar-refractivity contribution in [3.63, 3.8) is 0 Å². The SMILES string of the molecule is c1ccc2c(c1)Oc1nc3ccccc3c3cccc-2c13. The van der Waals surface area contributed by atoms with Gasteiger partial charge in [0.2, 0.25) is 5.88 Å². The van der Waals surface area contributed by atoms with E-state index in [2.05, 4.69) is 36.4 Å². The Balaban J connectivity index is 2.04. The van der Waals surface area contributed by atoms with Crippen molar-refractivity contribution in [1.29, 1.82) is 0 Å². The van der Waals surface area contributed by atoms with E-state index in [0.29, 0.717) is 5.88 Å². The van der Waals surface area contributed by atoms with Gasteiger partial charge < -0.3 is 4.74 Å². The van der Waals surface area contributed by atoms with Gasteiger partial charge in [-0.25, -0.2) is 4.98 Å². The number of fused-ring (bicyclic) bond motifs is 4. The van der Waals surface area contributed by atoms with Crippen molar-refractivity contribution < 1.29 is 4.74 Å². The molecule has 3 aromatic carbocycles. The third-order valence-corrected chi connectivity index (χ3v) is 4.08. The second-order valence-electron chi connectivity index (χ2n) is 5.26. The number of rotatable bonds is 0. The van der Waals surface area contributed by atoms with Gasteiger partial charge in [0.05, 0.1) is 10.9 Å². The number of aromatic nitrogens is 1. The molecule has 0 unspecified atom stereocenters. The molecule has 0 radical (unpaired) electrons. The van der Waals surface area contributed by atoms with Crippen LogP contribution < -0.4 is 4.74 Å². The molecule has 2 heterocycles. The lowest BCUT2D eigenvalue weighted by molar-refractivity contribution is 0.470. The van der Waals surface area contributed by atoms with Crippen LogP contribution in [0.15, 0.2) is 66.7 Å². The molecule has 0 N–H and O–H groups in total. The van der Waals surface area contributed by atoms with Gasteiger partial charge in [0, 0.05) is 10.9 Å². The Hall–Kier alpha value is -2.87. The minimum atomic E-state index is 0.706. The Morgan fingerprint density at radius 1 is 0.667 bits per heavy atom. The molecular weight excluding hydrogens is 258 g/mol. The highest BCUT2D eigenvalue weighted by Gasteiger charge is 2.21. The first kappa shape index (κ1) is 10.9. The van der Waals surface area contributed by atoms with Gasteiger partial charge in [0.1, 0.15) is 5.75 Å². The first-order valence-electron chi connectivity index (χ1n) is 7.00. The minimum Gasteiger partial charge on any atom is -0.438 e. The van der Waals surface area contributed by atoms with Gasteiger partial charge in [0.25, 0.3) is 0 Å². The van der Waals surface area contributed by atoms with Gasteiger partial charge in [-0.2, -0.15) is 0 Å². The largest absolute Gasteiger partial charge is 0.438 e. The molecule has 1 aliphatic rings. The monoisotopic (exact) mass is 269 g/mol. The maximum atomic E-state index is 6.05. The van der Waals surface area contributed by atoms with Crippen LogP contribution in [0, 0.1) is 0 Å². The lowest BCUT2D eigenvalue weighted by Gasteiger charge is -2.21. The van der Waals surface area contributed by atoms with Crippen molar-refractivity contribution >= 4 is 21.7 Å². The number of nitrogens with zero attached hydrogens (tertiary/aromatic N) is 1. The fourth-order valence-corrected chi connectivity index (χ4v) is 3.15. The quantitative estimate of drug-likeness (QED) is 0.362. The molecule has 0 fully saturated rings. The van der Waals surface area contributed by atoms with E-state index in [1.54, 1.807) is 0 Å². The number of hydrogen-bond donors (Lipinski definition) is 0. The number of benzene rings is 3. The maximum Gasteiger partial charge on any atom is 0.228 e. The molecule has 2 heteroatoms. The number of hydrogen-bond acceptors (Lipinski definition) is 2. The summed E-state index contributed by atoms with van der Waals surface area (Å²) in [5.41, 5.74) is 3.30. The van der Waals surface area contributed by atoms with E-state index >= 15 is 0 Å². The molecule has 98 valence electrons. The molecule has 0 spiro atoms. The average Bonchev–Trinajstić information content (AvgIpc) is 2.55. The van der Waals surface area contributed by atoms with E-state index < -0.39 is 0 Å². The molecule has 2 nitrogen and oxygen atoms in total. The van der Waals surface area contributed by atoms with Crippen molar-refractivity contribution in [1.82, 2.24) is 4.98 Å². The van der Waals surface area contributed by atoms with E-state index in [4.69, 9.17) is 9.72 Å². The molecule has 0 bridgehead atoms. The average molecular weight is 269 g/mol. The van der Waals surface area contributed by atoms with Crippen molar-refractivity contribution in [2.45, 2.75) is 0 Å². The van der Waals surface area contributed by atoms with Crippen LogP contribution in [0.4, 0.5) is 0 Å². The highest BCUT2D eigenvalue weighted by Crippen LogP contribution is 2.46. The molecule has 21 heavy (non-hydrogen) atoms. The molecule has 0 aliphatic carbocycles. The van der Waals surface area contributed by atoms with E-state index in [1.165, 1.54) is 16.3 Å². The summed E-state index contributed by atoms with van der Waals surface area (Å²) >= 11 is 0. The summed E-state index contributed by atoms with van der Waals surface area (Å²) in [6, 6.07) is 22.7. The first-order chi connectivity index (χ1) is 10.4. The molecule has 1 aromatic heterocycles. The third-order valence-electron chi connectivity index (χ3n) is 4.08. The van der Waals surface area contributed by atoms with Crippen LogP contribution in [0.2, 0.25) is 0 Å². The Morgan fingerprint density at radius 3 is 2.43 bits per heavy atom. The number of para-hydroxylation sites is 2. The third kappa shape index (κ3) is 1.39. The molecule has 0 saturated heterocycles. The zero-order chi connectivity index (χ0) is 13.8. The Bertz CT molecular complexity index is 1020. The van der Waals surface area contributed by atoms with Crippen molar-refractivity contribution in [3.05, 3.63) is 66.7 Å².